The number of hydrogen-bond donors (Lipinski definition) is 0. The third kappa shape index (κ3) is 3.44. The lowest BCUT2D eigenvalue weighted by Crippen LogP contribution is -2.05. The summed E-state index contributed by atoms with van der Waals surface area (Å²) in [6, 6.07) is 11.8. The molecule has 0 N–H and O–H groups in total. The first-order valence-electron chi connectivity index (χ1n) is 6.01. The fourth-order valence-electron chi connectivity index (χ4n) is 1.59. The number of ether oxygens (including phenoxy) is 2. The maximum absolute atomic E-state index is 11.7. The molecule has 0 radical (unpaired) electrons. The summed E-state index contributed by atoms with van der Waals surface area (Å²) in [6.45, 7) is 2.01. The van der Waals surface area contributed by atoms with Crippen LogP contribution in [0, 0.1) is 0 Å². The molecule has 0 aromatic heterocycles. The van der Waals surface area contributed by atoms with Gasteiger partial charge in [-0.2, -0.15) is 0 Å². The van der Waals surface area contributed by atoms with E-state index in [1.807, 2.05) is 6.07 Å². The fourth-order valence-corrected chi connectivity index (χ4v) is 1.96. The number of benzene rings is 2. The number of halogens is 2. The highest BCUT2D eigenvalue weighted by Gasteiger charge is 2.13. The molecule has 0 aliphatic rings. The van der Waals surface area contributed by atoms with Crippen LogP contribution < -0.4 is 4.74 Å². The third-order valence-electron chi connectivity index (χ3n) is 2.50. The molecule has 0 fully saturated rings. The van der Waals surface area contributed by atoms with Crippen LogP contribution in [-0.2, 0) is 4.74 Å². The summed E-state index contributed by atoms with van der Waals surface area (Å²) in [5, 5.41) is 0.801. The van der Waals surface area contributed by atoms with E-state index in [-0.39, 0.29) is 12.2 Å². The van der Waals surface area contributed by atoms with Gasteiger partial charge < -0.3 is 9.47 Å². The summed E-state index contributed by atoms with van der Waals surface area (Å²) in [6.07, 6.45) is 0. The molecule has 0 saturated carbocycles. The normalized spacial score (nSPS) is 10.2. The summed E-state index contributed by atoms with van der Waals surface area (Å²) in [5.41, 5.74) is 0.262. The highest BCUT2D eigenvalue weighted by atomic mass is 35.5. The molecule has 20 heavy (non-hydrogen) atoms. The second kappa shape index (κ2) is 6.64. The molecule has 5 heteroatoms. The lowest BCUT2D eigenvalue weighted by molar-refractivity contribution is 0.0526. The molecule has 0 heterocycles. The quantitative estimate of drug-likeness (QED) is 0.748. The predicted octanol–water partition coefficient (Wildman–Crippen LogP) is 4.96. The first kappa shape index (κ1) is 14.7. The average Bonchev–Trinajstić information content (AvgIpc) is 2.43. The maximum atomic E-state index is 11.7. The van der Waals surface area contributed by atoms with Crippen LogP contribution in [0.5, 0.6) is 11.5 Å². The van der Waals surface area contributed by atoms with Gasteiger partial charge in [0.25, 0.3) is 0 Å². The van der Waals surface area contributed by atoms with Gasteiger partial charge >= 0.3 is 5.97 Å². The first-order valence-corrected chi connectivity index (χ1v) is 6.76. The van der Waals surface area contributed by atoms with Crippen LogP contribution in [0.2, 0.25) is 10.0 Å². The van der Waals surface area contributed by atoms with Crippen LogP contribution in [0.3, 0.4) is 0 Å². The van der Waals surface area contributed by atoms with Crippen LogP contribution in [-0.4, -0.2) is 12.6 Å². The minimum absolute atomic E-state index is 0.262. The van der Waals surface area contributed by atoms with Crippen molar-refractivity contribution in [3.8, 4) is 11.5 Å². The Labute approximate surface area is 127 Å². The molecule has 0 saturated heterocycles. The minimum Gasteiger partial charge on any atom is -0.462 e. The monoisotopic (exact) mass is 310 g/mol. The van der Waals surface area contributed by atoms with Crippen LogP contribution in [0.25, 0.3) is 0 Å². The molecule has 3 nitrogen and oxygen atoms in total. The van der Waals surface area contributed by atoms with E-state index in [4.69, 9.17) is 32.7 Å². The van der Waals surface area contributed by atoms with Gasteiger partial charge in [-0.05, 0) is 37.3 Å². The average molecular weight is 311 g/mol. The zero-order chi connectivity index (χ0) is 14.5. The Morgan fingerprint density at radius 2 is 1.85 bits per heavy atom. The zero-order valence-electron chi connectivity index (χ0n) is 10.7. The van der Waals surface area contributed by atoms with Crippen molar-refractivity contribution in [3.05, 3.63) is 58.1 Å². The van der Waals surface area contributed by atoms with E-state index in [2.05, 4.69) is 0 Å². The van der Waals surface area contributed by atoms with E-state index in [1.165, 1.54) is 6.07 Å². The molecule has 0 amide bonds. The summed E-state index contributed by atoms with van der Waals surface area (Å²) in [4.78, 5) is 11.7. The van der Waals surface area contributed by atoms with Crippen molar-refractivity contribution in [3.63, 3.8) is 0 Å². The van der Waals surface area contributed by atoms with Gasteiger partial charge in [-0.3, -0.25) is 0 Å². The minimum atomic E-state index is -0.484. The van der Waals surface area contributed by atoms with Gasteiger partial charge in [0, 0.05) is 0 Å². The Kier molecular flexibility index (Phi) is 4.88. The molecule has 0 aliphatic heterocycles. The van der Waals surface area contributed by atoms with E-state index in [1.54, 1.807) is 37.3 Å². The highest BCUT2D eigenvalue weighted by Crippen LogP contribution is 2.31. The molecule has 104 valence electrons. The van der Waals surface area contributed by atoms with Crippen molar-refractivity contribution >= 4 is 29.2 Å². The maximum Gasteiger partial charge on any atom is 0.339 e. The molecule has 0 bridgehead atoms. The lowest BCUT2D eigenvalue weighted by atomic mass is 10.2. The largest absolute Gasteiger partial charge is 0.462 e. The molecule has 0 unspecified atom stereocenters. The Morgan fingerprint density at radius 3 is 2.55 bits per heavy atom. The molecule has 0 aliphatic carbocycles. The van der Waals surface area contributed by atoms with Gasteiger partial charge in [0.05, 0.1) is 22.2 Å². The van der Waals surface area contributed by atoms with Crippen molar-refractivity contribution < 1.29 is 14.3 Å². The number of para-hydroxylation sites is 1. The van der Waals surface area contributed by atoms with Gasteiger partial charge in [-0.1, -0.05) is 35.3 Å². The van der Waals surface area contributed by atoms with Crippen molar-refractivity contribution in [2.24, 2.45) is 0 Å². The third-order valence-corrected chi connectivity index (χ3v) is 3.14. The van der Waals surface area contributed by atoms with E-state index >= 15 is 0 Å². The molecular formula is C15H12Cl2O3. The van der Waals surface area contributed by atoms with Crippen LogP contribution in [0.15, 0.2) is 42.5 Å². The SMILES string of the molecule is CCOC(=O)c1cc(Oc2ccccc2Cl)ccc1Cl. The van der Waals surface area contributed by atoms with Crippen molar-refractivity contribution in [2.75, 3.05) is 6.61 Å². The highest BCUT2D eigenvalue weighted by molar-refractivity contribution is 6.33. The van der Waals surface area contributed by atoms with Crippen molar-refractivity contribution in [2.45, 2.75) is 6.92 Å². The van der Waals surface area contributed by atoms with Gasteiger partial charge in [0.1, 0.15) is 11.5 Å². The fraction of sp³-hybridized carbons (Fsp3) is 0.133. The van der Waals surface area contributed by atoms with Crippen molar-refractivity contribution in [1.29, 1.82) is 0 Å². The second-order valence-electron chi connectivity index (χ2n) is 3.89. The van der Waals surface area contributed by atoms with Gasteiger partial charge in [0.15, 0.2) is 0 Å². The molecular weight excluding hydrogens is 299 g/mol. The molecule has 0 atom stereocenters. The van der Waals surface area contributed by atoms with E-state index in [9.17, 15) is 4.79 Å². The first-order chi connectivity index (χ1) is 9.61. The van der Waals surface area contributed by atoms with Crippen LogP contribution >= 0.6 is 23.2 Å². The summed E-state index contributed by atoms with van der Waals surface area (Å²) in [7, 11) is 0. The molecule has 0 spiro atoms. The van der Waals surface area contributed by atoms with E-state index in [0.717, 1.165) is 0 Å². The zero-order valence-corrected chi connectivity index (χ0v) is 12.2. The topological polar surface area (TPSA) is 35.5 Å². The van der Waals surface area contributed by atoms with E-state index in [0.29, 0.717) is 21.5 Å². The number of carbonyl (C=O) groups excluding carboxylic acids is 1. The summed E-state index contributed by atoms with van der Waals surface area (Å²) >= 11 is 12.0. The van der Waals surface area contributed by atoms with Gasteiger partial charge in [0.2, 0.25) is 0 Å². The van der Waals surface area contributed by atoms with Crippen LogP contribution in [0.1, 0.15) is 17.3 Å². The smallest absolute Gasteiger partial charge is 0.339 e. The van der Waals surface area contributed by atoms with Gasteiger partial charge in [-0.25, -0.2) is 4.79 Å². The molecule has 2 aromatic rings. The Hall–Kier alpha value is -1.71. The number of carbonyl (C=O) groups is 1. The predicted molar refractivity (Wildman–Crippen MR) is 78.9 cm³/mol. The van der Waals surface area contributed by atoms with Crippen molar-refractivity contribution in [1.82, 2.24) is 0 Å². The summed E-state index contributed by atoms with van der Waals surface area (Å²) in [5.74, 6) is 0.485. The lowest BCUT2D eigenvalue weighted by Gasteiger charge is -2.10. The molecule has 2 rings (SSSR count). The molecule has 2 aromatic carbocycles. The Morgan fingerprint density at radius 1 is 1.10 bits per heavy atom. The number of rotatable bonds is 4. The second-order valence-corrected chi connectivity index (χ2v) is 4.71. The standard InChI is InChI=1S/C15H12Cl2O3/c1-2-19-15(18)11-9-10(7-8-12(11)16)20-14-6-4-3-5-13(14)17/h3-9H,2H2,1H3. The van der Waals surface area contributed by atoms with E-state index < -0.39 is 5.97 Å². The van der Waals surface area contributed by atoms with Crippen LogP contribution in [0.4, 0.5) is 0 Å². The van der Waals surface area contributed by atoms with Gasteiger partial charge in [-0.15, -0.1) is 0 Å². The number of hydrogen-bond acceptors (Lipinski definition) is 3. The Balaban J connectivity index is 2.28. The Bertz CT molecular complexity index is 626. The number of esters is 1. The summed E-state index contributed by atoms with van der Waals surface area (Å²) < 4.78 is 10.6.